The van der Waals surface area contributed by atoms with Crippen LogP contribution in [0.5, 0.6) is 5.75 Å². The quantitative estimate of drug-likeness (QED) is 0.638. The fourth-order valence-corrected chi connectivity index (χ4v) is 4.60. The largest absolute Gasteiger partial charge is 0.491 e. The van der Waals surface area contributed by atoms with Crippen LogP contribution < -0.4 is 4.74 Å². The monoisotopic (exact) mass is 398 g/mol. The molecule has 7 nitrogen and oxygen atoms in total. The molecule has 28 heavy (non-hydrogen) atoms. The molecule has 4 rings (SSSR count). The smallest absolute Gasteiger partial charge is 0.243 e. The number of sulfonamides is 1. The van der Waals surface area contributed by atoms with Crippen molar-refractivity contribution in [2.45, 2.75) is 30.9 Å². The Morgan fingerprint density at radius 2 is 1.71 bits per heavy atom. The van der Waals surface area contributed by atoms with Gasteiger partial charge in [0.1, 0.15) is 11.4 Å². The van der Waals surface area contributed by atoms with Crippen LogP contribution in [0.3, 0.4) is 0 Å². The van der Waals surface area contributed by atoms with Crippen molar-refractivity contribution in [2.75, 3.05) is 13.1 Å². The van der Waals surface area contributed by atoms with E-state index in [1.165, 1.54) is 4.31 Å². The molecule has 0 unspecified atom stereocenters. The van der Waals surface area contributed by atoms with E-state index in [2.05, 4.69) is 10.3 Å². The standard InChI is InChI=1S/C20H22N4O3S/c1-15(2)27-18-8-10-19(11-9-18)28(25,26)23-12-17(13-23)24-14-20(21-22-24)16-6-4-3-5-7-16/h3-11,14-15,17H,12-13H2,1-2H3. The summed E-state index contributed by atoms with van der Waals surface area (Å²) in [5.41, 5.74) is 1.77. The Morgan fingerprint density at radius 1 is 1.04 bits per heavy atom. The SMILES string of the molecule is CC(C)Oc1ccc(S(=O)(=O)N2CC(n3cc(-c4ccccc4)nn3)C2)cc1. The highest BCUT2D eigenvalue weighted by atomic mass is 32.2. The zero-order chi connectivity index (χ0) is 19.7. The highest BCUT2D eigenvalue weighted by Gasteiger charge is 2.38. The summed E-state index contributed by atoms with van der Waals surface area (Å²) in [6.07, 6.45) is 1.91. The molecule has 0 bridgehead atoms. The Morgan fingerprint density at radius 3 is 2.36 bits per heavy atom. The molecular formula is C20H22N4O3S. The van der Waals surface area contributed by atoms with Crippen LogP contribution in [0.15, 0.2) is 65.7 Å². The minimum absolute atomic E-state index is 0.0108. The Kier molecular flexibility index (Phi) is 4.91. The molecule has 0 N–H and O–H groups in total. The molecule has 1 saturated heterocycles. The van der Waals surface area contributed by atoms with Crippen LogP contribution in [-0.2, 0) is 10.0 Å². The second kappa shape index (κ2) is 7.37. The van der Waals surface area contributed by atoms with Gasteiger partial charge in [-0.1, -0.05) is 35.5 Å². The summed E-state index contributed by atoms with van der Waals surface area (Å²) in [6.45, 7) is 4.62. The predicted octanol–water partition coefficient (Wildman–Crippen LogP) is 2.98. The summed E-state index contributed by atoms with van der Waals surface area (Å²) in [5.74, 6) is 0.659. The summed E-state index contributed by atoms with van der Waals surface area (Å²) in [7, 11) is -3.52. The Labute approximate surface area is 164 Å². The molecule has 0 amide bonds. The van der Waals surface area contributed by atoms with E-state index in [4.69, 9.17) is 4.74 Å². The van der Waals surface area contributed by atoms with Gasteiger partial charge < -0.3 is 4.74 Å². The summed E-state index contributed by atoms with van der Waals surface area (Å²) < 4.78 is 34.4. The molecule has 0 spiro atoms. The molecule has 1 aromatic heterocycles. The van der Waals surface area contributed by atoms with Crippen molar-refractivity contribution >= 4 is 10.0 Å². The molecule has 0 aliphatic carbocycles. The van der Waals surface area contributed by atoms with E-state index >= 15 is 0 Å². The van der Waals surface area contributed by atoms with Gasteiger partial charge in [0.2, 0.25) is 10.0 Å². The maximum absolute atomic E-state index is 12.8. The van der Waals surface area contributed by atoms with Crippen LogP contribution in [-0.4, -0.2) is 46.9 Å². The van der Waals surface area contributed by atoms with E-state index in [0.717, 1.165) is 11.3 Å². The third-order valence-corrected chi connectivity index (χ3v) is 6.46. The molecule has 3 aromatic rings. The zero-order valence-corrected chi connectivity index (χ0v) is 16.6. The molecule has 0 atom stereocenters. The number of rotatable bonds is 6. The average Bonchev–Trinajstić information content (AvgIpc) is 3.10. The maximum atomic E-state index is 12.8. The minimum atomic E-state index is -3.52. The molecule has 8 heteroatoms. The van der Waals surface area contributed by atoms with Crippen LogP contribution in [0.4, 0.5) is 0 Å². The summed E-state index contributed by atoms with van der Waals surface area (Å²) in [6, 6.07) is 16.3. The second-order valence-corrected chi connectivity index (χ2v) is 9.00. The van der Waals surface area contributed by atoms with Gasteiger partial charge in [-0.25, -0.2) is 13.1 Å². The van der Waals surface area contributed by atoms with Gasteiger partial charge in [-0.2, -0.15) is 4.31 Å². The topological polar surface area (TPSA) is 77.3 Å². The van der Waals surface area contributed by atoms with Crippen LogP contribution >= 0.6 is 0 Å². The van der Waals surface area contributed by atoms with Gasteiger partial charge in [-0.3, -0.25) is 0 Å². The van der Waals surface area contributed by atoms with Gasteiger partial charge in [0.15, 0.2) is 0 Å². The fourth-order valence-electron chi connectivity index (χ4n) is 3.09. The first-order valence-electron chi connectivity index (χ1n) is 9.17. The number of hydrogen-bond donors (Lipinski definition) is 0. The Bertz CT molecular complexity index is 1040. The average molecular weight is 398 g/mol. The molecule has 0 saturated carbocycles. The van der Waals surface area contributed by atoms with Crippen molar-refractivity contribution in [1.29, 1.82) is 0 Å². The second-order valence-electron chi connectivity index (χ2n) is 7.06. The van der Waals surface area contributed by atoms with Crippen molar-refractivity contribution in [3.63, 3.8) is 0 Å². The molecule has 0 radical (unpaired) electrons. The van der Waals surface area contributed by atoms with Gasteiger partial charge in [0.25, 0.3) is 0 Å². The lowest BCUT2D eigenvalue weighted by atomic mass is 10.1. The minimum Gasteiger partial charge on any atom is -0.491 e. The molecular weight excluding hydrogens is 376 g/mol. The highest BCUT2D eigenvalue weighted by molar-refractivity contribution is 7.89. The predicted molar refractivity (Wildman–Crippen MR) is 105 cm³/mol. The van der Waals surface area contributed by atoms with E-state index in [1.54, 1.807) is 28.9 Å². The van der Waals surface area contributed by atoms with Crippen LogP contribution in [0, 0.1) is 0 Å². The molecule has 1 fully saturated rings. The third kappa shape index (κ3) is 3.65. The van der Waals surface area contributed by atoms with E-state index in [0.29, 0.717) is 18.8 Å². The Hall–Kier alpha value is -2.71. The summed E-state index contributed by atoms with van der Waals surface area (Å²) >= 11 is 0. The van der Waals surface area contributed by atoms with Crippen molar-refractivity contribution in [3.05, 3.63) is 60.8 Å². The first-order valence-corrected chi connectivity index (χ1v) is 10.6. The van der Waals surface area contributed by atoms with Crippen LogP contribution in [0.25, 0.3) is 11.3 Å². The van der Waals surface area contributed by atoms with E-state index < -0.39 is 10.0 Å². The van der Waals surface area contributed by atoms with Gasteiger partial charge in [-0.15, -0.1) is 5.10 Å². The number of hydrogen-bond acceptors (Lipinski definition) is 5. The van der Waals surface area contributed by atoms with Gasteiger partial charge in [0, 0.05) is 18.7 Å². The van der Waals surface area contributed by atoms with Crippen molar-refractivity contribution in [1.82, 2.24) is 19.3 Å². The molecule has 2 heterocycles. The number of ether oxygens (including phenoxy) is 1. The van der Waals surface area contributed by atoms with Gasteiger partial charge in [-0.05, 0) is 38.1 Å². The third-order valence-electron chi connectivity index (χ3n) is 4.62. The maximum Gasteiger partial charge on any atom is 0.243 e. The molecule has 1 aliphatic rings. The number of aromatic nitrogens is 3. The highest BCUT2D eigenvalue weighted by Crippen LogP contribution is 2.29. The molecule has 2 aromatic carbocycles. The van der Waals surface area contributed by atoms with Crippen LogP contribution in [0.1, 0.15) is 19.9 Å². The van der Waals surface area contributed by atoms with Crippen molar-refractivity contribution < 1.29 is 13.2 Å². The van der Waals surface area contributed by atoms with Crippen LogP contribution in [0.2, 0.25) is 0 Å². The number of benzene rings is 2. The molecule has 146 valence electrons. The first kappa shape index (κ1) is 18.6. The summed E-state index contributed by atoms with van der Waals surface area (Å²) in [5, 5.41) is 8.37. The van der Waals surface area contributed by atoms with Gasteiger partial charge in [0.05, 0.1) is 23.2 Å². The zero-order valence-electron chi connectivity index (χ0n) is 15.8. The van der Waals surface area contributed by atoms with Gasteiger partial charge >= 0.3 is 0 Å². The lowest BCUT2D eigenvalue weighted by Gasteiger charge is -2.37. The number of nitrogens with zero attached hydrogens (tertiary/aromatic N) is 4. The fraction of sp³-hybridized carbons (Fsp3) is 0.300. The van der Waals surface area contributed by atoms with Crippen molar-refractivity contribution in [3.8, 4) is 17.0 Å². The lowest BCUT2D eigenvalue weighted by Crippen LogP contribution is -2.50. The van der Waals surface area contributed by atoms with E-state index in [1.807, 2.05) is 50.4 Å². The first-order chi connectivity index (χ1) is 13.4. The van der Waals surface area contributed by atoms with Crippen molar-refractivity contribution in [2.24, 2.45) is 0 Å². The lowest BCUT2D eigenvalue weighted by molar-refractivity contribution is 0.189. The Balaban J connectivity index is 1.42. The normalized spacial score (nSPS) is 15.5. The van der Waals surface area contributed by atoms with E-state index in [-0.39, 0.29) is 17.0 Å². The summed E-state index contributed by atoms with van der Waals surface area (Å²) in [4.78, 5) is 0.269. The molecule has 1 aliphatic heterocycles. The van der Waals surface area contributed by atoms with E-state index in [9.17, 15) is 8.42 Å².